The third-order valence-electron chi connectivity index (χ3n) is 3.25. The molecule has 6 heteroatoms. The largest absolute Gasteiger partial charge is 0.480 e. The predicted octanol–water partition coefficient (Wildman–Crippen LogP) is 2.28. The van der Waals surface area contributed by atoms with Crippen LogP contribution in [0.1, 0.15) is 26.3 Å². The molecule has 0 unspecified atom stereocenters. The van der Waals surface area contributed by atoms with Crippen molar-refractivity contribution in [3.05, 3.63) is 39.9 Å². The molecular formula is C13H18N2O4. The molecule has 0 heterocycles. The molecule has 0 aliphatic heterocycles. The van der Waals surface area contributed by atoms with Gasteiger partial charge in [0.05, 0.1) is 4.92 Å². The SMILES string of the molecule is CCN(Cc1ccccc1[N+](=O)[O-])C(C)(C)C(=O)O. The topological polar surface area (TPSA) is 83.7 Å². The van der Waals surface area contributed by atoms with Gasteiger partial charge in [0.1, 0.15) is 5.54 Å². The molecule has 1 N–H and O–H groups in total. The lowest BCUT2D eigenvalue weighted by Crippen LogP contribution is -2.49. The molecular weight excluding hydrogens is 248 g/mol. The van der Waals surface area contributed by atoms with Crippen LogP contribution in [-0.2, 0) is 11.3 Å². The predicted molar refractivity (Wildman–Crippen MR) is 70.9 cm³/mol. The number of nitro benzene ring substituents is 1. The van der Waals surface area contributed by atoms with Gasteiger partial charge in [-0.2, -0.15) is 0 Å². The first-order chi connectivity index (χ1) is 8.80. The molecule has 1 rings (SSSR count). The van der Waals surface area contributed by atoms with E-state index in [2.05, 4.69) is 0 Å². The highest BCUT2D eigenvalue weighted by Crippen LogP contribution is 2.23. The van der Waals surface area contributed by atoms with Crippen molar-refractivity contribution in [3.63, 3.8) is 0 Å². The molecule has 0 aromatic heterocycles. The van der Waals surface area contributed by atoms with Crippen LogP contribution >= 0.6 is 0 Å². The minimum Gasteiger partial charge on any atom is -0.480 e. The quantitative estimate of drug-likeness (QED) is 0.630. The van der Waals surface area contributed by atoms with Gasteiger partial charge >= 0.3 is 5.97 Å². The van der Waals surface area contributed by atoms with Gasteiger partial charge in [0.15, 0.2) is 0 Å². The number of rotatable bonds is 6. The van der Waals surface area contributed by atoms with Crippen molar-refractivity contribution in [2.75, 3.05) is 6.54 Å². The first kappa shape index (κ1) is 15.1. The van der Waals surface area contributed by atoms with Gasteiger partial charge in [-0.3, -0.25) is 19.8 Å². The molecule has 0 spiro atoms. The van der Waals surface area contributed by atoms with E-state index >= 15 is 0 Å². The summed E-state index contributed by atoms with van der Waals surface area (Å²) in [5.41, 5.74) is -0.538. The zero-order valence-corrected chi connectivity index (χ0v) is 11.3. The van der Waals surface area contributed by atoms with Gasteiger partial charge in [-0.25, -0.2) is 0 Å². The summed E-state index contributed by atoms with van der Waals surface area (Å²) in [6, 6.07) is 6.39. The maximum absolute atomic E-state index is 11.3. The second-order valence-electron chi connectivity index (χ2n) is 4.76. The van der Waals surface area contributed by atoms with Gasteiger partial charge < -0.3 is 5.11 Å². The summed E-state index contributed by atoms with van der Waals surface area (Å²) >= 11 is 0. The molecule has 19 heavy (non-hydrogen) atoms. The van der Waals surface area contributed by atoms with Crippen molar-refractivity contribution in [1.82, 2.24) is 4.90 Å². The molecule has 0 radical (unpaired) electrons. The van der Waals surface area contributed by atoms with Gasteiger partial charge in [-0.1, -0.05) is 25.1 Å². The van der Waals surface area contributed by atoms with Crippen molar-refractivity contribution >= 4 is 11.7 Å². The molecule has 104 valence electrons. The Hall–Kier alpha value is -1.95. The molecule has 6 nitrogen and oxygen atoms in total. The summed E-state index contributed by atoms with van der Waals surface area (Å²) in [7, 11) is 0. The number of nitrogens with zero attached hydrogens (tertiary/aromatic N) is 2. The van der Waals surface area contributed by atoms with E-state index in [0.29, 0.717) is 12.1 Å². The van der Waals surface area contributed by atoms with Gasteiger partial charge in [0.25, 0.3) is 5.69 Å². The molecule has 0 fully saturated rings. The van der Waals surface area contributed by atoms with Crippen LogP contribution in [0.5, 0.6) is 0 Å². The lowest BCUT2D eigenvalue weighted by atomic mass is 10.0. The standard InChI is InChI=1S/C13H18N2O4/c1-4-14(13(2,3)12(16)17)9-10-7-5-6-8-11(10)15(18)19/h5-8H,4,9H2,1-3H3,(H,16,17). The van der Waals surface area contributed by atoms with Crippen molar-refractivity contribution in [3.8, 4) is 0 Å². The third-order valence-corrected chi connectivity index (χ3v) is 3.25. The lowest BCUT2D eigenvalue weighted by Gasteiger charge is -2.33. The van der Waals surface area contributed by atoms with Crippen molar-refractivity contribution in [1.29, 1.82) is 0 Å². The summed E-state index contributed by atoms with van der Waals surface area (Å²) in [5.74, 6) is -0.951. The second-order valence-corrected chi connectivity index (χ2v) is 4.76. The van der Waals surface area contributed by atoms with Gasteiger partial charge in [0, 0.05) is 18.2 Å². The van der Waals surface area contributed by atoms with Crippen LogP contribution in [0.2, 0.25) is 0 Å². The maximum atomic E-state index is 11.3. The van der Waals surface area contributed by atoms with Gasteiger partial charge in [-0.15, -0.1) is 0 Å². The van der Waals surface area contributed by atoms with Gasteiger partial charge in [0.2, 0.25) is 0 Å². The minimum absolute atomic E-state index is 0.0159. The fourth-order valence-corrected chi connectivity index (χ4v) is 1.87. The first-order valence-corrected chi connectivity index (χ1v) is 6.01. The smallest absolute Gasteiger partial charge is 0.323 e. The Labute approximate surface area is 111 Å². The summed E-state index contributed by atoms with van der Waals surface area (Å²) in [5, 5.41) is 20.2. The number of hydrogen-bond acceptors (Lipinski definition) is 4. The monoisotopic (exact) mass is 266 g/mol. The van der Waals surface area contributed by atoms with Crippen LogP contribution in [-0.4, -0.2) is 33.0 Å². The fraction of sp³-hybridized carbons (Fsp3) is 0.462. The van der Waals surface area contributed by atoms with Crippen LogP contribution in [0.4, 0.5) is 5.69 Å². The number of aliphatic carboxylic acids is 1. The molecule has 0 saturated heterocycles. The number of hydrogen-bond donors (Lipinski definition) is 1. The van der Waals surface area contributed by atoms with Crippen LogP contribution in [0.15, 0.2) is 24.3 Å². The van der Waals surface area contributed by atoms with E-state index < -0.39 is 16.4 Å². The van der Waals surface area contributed by atoms with Crippen LogP contribution in [0.25, 0.3) is 0 Å². The molecule has 1 aromatic rings. The molecule has 0 bridgehead atoms. The van der Waals surface area contributed by atoms with E-state index in [1.165, 1.54) is 6.07 Å². The van der Waals surface area contributed by atoms with E-state index in [1.807, 2.05) is 6.92 Å². The number of nitro groups is 1. The summed E-state index contributed by atoms with van der Waals surface area (Å²) in [4.78, 5) is 23.4. The normalized spacial score (nSPS) is 11.6. The Kier molecular flexibility index (Phi) is 4.61. The third kappa shape index (κ3) is 3.29. The number of carbonyl (C=O) groups is 1. The lowest BCUT2D eigenvalue weighted by molar-refractivity contribution is -0.385. The number of benzene rings is 1. The Balaban J connectivity index is 3.06. The van der Waals surface area contributed by atoms with Crippen LogP contribution < -0.4 is 0 Å². The zero-order valence-electron chi connectivity index (χ0n) is 11.3. The number of carboxylic acid groups (broad SMARTS) is 1. The molecule has 0 amide bonds. The number of likely N-dealkylation sites (N-methyl/N-ethyl adjacent to an activating group) is 1. The average molecular weight is 266 g/mol. The van der Waals surface area contributed by atoms with E-state index in [-0.39, 0.29) is 12.2 Å². The van der Waals surface area contributed by atoms with Crippen LogP contribution in [0, 0.1) is 10.1 Å². The maximum Gasteiger partial charge on any atom is 0.323 e. The van der Waals surface area contributed by atoms with Crippen molar-refractivity contribution in [2.24, 2.45) is 0 Å². The molecule has 1 aromatic carbocycles. The highest BCUT2D eigenvalue weighted by molar-refractivity contribution is 5.77. The highest BCUT2D eigenvalue weighted by Gasteiger charge is 2.34. The molecule has 0 atom stereocenters. The van der Waals surface area contributed by atoms with E-state index in [1.54, 1.807) is 36.9 Å². The van der Waals surface area contributed by atoms with Crippen molar-refractivity contribution in [2.45, 2.75) is 32.9 Å². The summed E-state index contributed by atoms with van der Waals surface area (Å²) < 4.78 is 0. The van der Waals surface area contributed by atoms with Crippen molar-refractivity contribution < 1.29 is 14.8 Å². The zero-order chi connectivity index (χ0) is 14.6. The Bertz CT molecular complexity index is 485. The van der Waals surface area contributed by atoms with Gasteiger partial charge in [-0.05, 0) is 20.4 Å². The summed E-state index contributed by atoms with van der Waals surface area (Å²) in [6.07, 6.45) is 0. The second kappa shape index (κ2) is 5.79. The highest BCUT2D eigenvalue weighted by atomic mass is 16.6. The fourth-order valence-electron chi connectivity index (χ4n) is 1.87. The Morgan fingerprint density at radius 3 is 2.47 bits per heavy atom. The summed E-state index contributed by atoms with van der Waals surface area (Å²) in [6.45, 7) is 5.74. The van der Waals surface area contributed by atoms with E-state index in [9.17, 15) is 20.0 Å². The first-order valence-electron chi connectivity index (χ1n) is 6.01. The number of para-hydroxylation sites is 1. The number of carboxylic acids is 1. The minimum atomic E-state index is -1.07. The Morgan fingerprint density at radius 1 is 1.42 bits per heavy atom. The van der Waals surface area contributed by atoms with E-state index in [4.69, 9.17) is 0 Å². The molecule has 0 aliphatic carbocycles. The molecule has 0 aliphatic rings. The van der Waals surface area contributed by atoms with E-state index in [0.717, 1.165) is 0 Å². The average Bonchev–Trinajstić information content (AvgIpc) is 2.35. The van der Waals surface area contributed by atoms with Crippen LogP contribution in [0.3, 0.4) is 0 Å². The Morgan fingerprint density at radius 2 is 2.00 bits per heavy atom. The molecule has 0 saturated carbocycles.